The first kappa shape index (κ1) is 14.4. The van der Waals surface area contributed by atoms with Gasteiger partial charge in [-0.2, -0.15) is 10.0 Å². The fourth-order valence-corrected chi connectivity index (χ4v) is 3.22. The summed E-state index contributed by atoms with van der Waals surface area (Å²) in [6.07, 6.45) is 8.19. The van der Waals surface area contributed by atoms with E-state index in [1.165, 1.54) is 0 Å². The summed E-state index contributed by atoms with van der Waals surface area (Å²) in [5.41, 5.74) is 0.751. The van der Waals surface area contributed by atoms with Crippen molar-refractivity contribution < 1.29 is 8.42 Å². The summed E-state index contributed by atoms with van der Waals surface area (Å²) < 4.78 is 26.8. The van der Waals surface area contributed by atoms with Gasteiger partial charge in [-0.05, 0) is 55.1 Å². The van der Waals surface area contributed by atoms with Crippen LogP contribution in [0.3, 0.4) is 0 Å². The molecule has 0 saturated heterocycles. The molecule has 0 unspecified atom stereocenters. The Morgan fingerprint density at radius 2 is 1.89 bits per heavy atom. The van der Waals surface area contributed by atoms with Gasteiger partial charge in [-0.3, -0.25) is 0 Å². The third-order valence-electron chi connectivity index (χ3n) is 2.55. The van der Waals surface area contributed by atoms with Gasteiger partial charge in [0.2, 0.25) is 10.0 Å². The van der Waals surface area contributed by atoms with Crippen LogP contribution in [0, 0.1) is 11.2 Å². The van der Waals surface area contributed by atoms with E-state index in [1.807, 2.05) is 6.07 Å². The summed E-state index contributed by atoms with van der Waals surface area (Å²) in [5.74, 6) is 3.06. The molecule has 1 aliphatic rings. The Morgan fingerprint density at radius 3 is 2.47 bits per heavy atom. The first-order valence-corrected chi connectivity index (χ1v) is 10.4. The third-order valence-corrected chi connectivity index (χ3v) is 4.78. The van der Waals surface area contributed by atoms with E-state index in [9.17, 15) is 8.42 Å². The average molecular weight is 297 g/mol. The van der Waals surface area contributed by atoms with Gasteiger partial charge in [-0.25, -0.2) is 13.1 Å². The van der Waals surface area contributed by atoms with Gasteiger partial charge in [-0.15, -0.1) is 0 Å². The van der Waals surface area contributed by atoms with Crippen molar-refractivity contribution in [1.29, 1.82) is 0 Å². The van der Waals surface area contributed by atoms with Crippen molar-refractivity contribution in [3.8, 4) is 11.2 Å². The van der Waals surface area contributed by atoms with E-state index < -0.39 is 20.1 Å². The maximum atomic E-state index is 12.1. The van der Waals surface area contributed by atoms with Crippen molar-refractivity contribution in [3.63, 3.8) is 0 Å². The van der Waals surface area contributed by atoms with Gasteiger partial charge < -0.3 is 0 Å². The van der Waals surface area contributed by atoms with Crippen LogP contribution in [0.1, 0.15) is 18.4 Å². The van der Waals surface area contributed by atoms with E-state index in [0.717, 1.165) is 18.4 Å². The standard InChI is InChI=1S/C14H19NO2S2/c1-18(2,3)10-9-12-5-4-6-14(11-12)19(16,17)15-13-7-8-13/h4-6,11,13,15H,7-8H2,1-3H3. The van der Waals surface area contributed by atoms with Gasteiger partial charge >= 0.3 is 0 Å². The van der Waals surface area contributed by atoms with Gasteiger partial charge in [0.15, 0.2) is 0 Å². The number of hydrogen-bond donors (Lipinski definition) is 1. The minimum absolute atomic E-state index is 0.124. The predicted molar refractivity (Wildman–Crippen MR) is 82.0 cm³/mol. The SMILES string of the molecule is CS(C)(C)C#Cc1cccc(S(=O)(=O)NC2CC2)c1. The van der Waals surface area contributed by atoms with E-state index in [4.69, 9.17) is 0 Å². The van der Waals surface area contributed by atoms with E-state index in [-0.39, 0.29) is 6.04 Å². The fraction of sp³-hybridized carbons (Fsp3) is 0.429. The average Bonchev–Trinajstić information content (AvgIpc) is 3.09. The molecule has 3 nitrogen and oxygen atoms in total. The molecule has 1 aromatic carbocycles. The molecule has 104 valence electrons. The highest BCUT2D eigenvalue weighted by Crippen LogP contribution is 2.32. The molecule has 1 saturated carbocycles. The van der Waals surface area contributed by atoms with Crippen molar-refractivity contribution in [2.45, 2.75) is 23.8 Å². The number of nitrogens with one attached hydrogen (secondary N) is 1. The van der Waals surface area contributed by atoms with Crippen LogP contribution in [-0.4, -0.2) is 33.2 Å². The Bertz CT molecular complexity index is 629. The second kappa shape index (κ2) is 5.20. The fourth-order valence-electron chi connectivity index (χ4n) is 1.44. The zero-order valence-corrected chi connectivity index (χ0v) is 13.1. The Hall–Kier alpha value is -0.960. The lowest BCUT2D eigenvalue weighted by Gasteiger charge is -2.14. The molecule has 0 bridgehead atoms. The van der Waals surface area contributed by atoms with Crippen LogP contribution in [0.2, 0.25) is 0 Å². The Morgan fingerprint density at radius 1 is 1.21 bits per heavy atom. The molecule has 5 heteroatoms. The molecule has 0 aromatic heterocycles. The number of rotatable bonds is 3. The monoisotopic (exact) mass is 297 g/mol. The van der Waals surface area contributed by atoms with Crippen LogP contribution in [-0.2, 0) is 10.0 Å². The molecule has 0 amide bonds. The molecule has 1 aromatic rings. The second-order valence-corrected chi connectivity index (χ2v) is 11.1. The summed E-state index contributed by atoms with van der Waals surface area (Å²) >= 11 is 0. The molecule has 0 aliphatic heterocycles. The highest BCUT2D eigenvalue weighted by atomic mass is 32.3. The third kappa shape index (κ3) is 4.57. The van der Waals surface area contributed by atoms with E-state index in [0.29, 0.717) is 4.90 Å². The first-order chi connectivity index (χ1) is 8.76. The van der Waals surface area contributed by atoms with Crippen molar-refractivity contribution >= 4 is 20.1 Å². The molecular weight excluding hydrogens is 278 g/mol. The Kier molecular flexibility index (Phi) is 3.95. The lowest BCUT2D eigenvalue weighted by atomic mass is 10.2. The summed E-state index contributed by atoms with van der Waals surface area (Å²) in [4.78, 5) is 0.301. The molecule has 2 rings (SSSR count). The smallest absolute Gasteiger partial charge is 0.208 e. The van der Waals surface area contributed by atoms with Crippen molar-refractivity contribution in [1.82, 2.24) is 4.72 Å². The predicted octanol–water partition coefficient (Wildman–Crippen LogP) is 2.13. The van der Waals surface area contributed by atoms with Crippen LogP contribution < -0.4 is 4.72 Å². The Labute approximate surface area is 117 Å². The Balaban J connectivity index is 2.25. The van der Waals surface area contributed by atoms with Gasteiger partial charge in [0, 0.05) is 11.6 Å². The summed E-state index contributed by atoms with van der Waals surface area (Å²) in [6, 6.07) is 6.96. The molecule has 1 fully saturated rings. The van der Waals surface area contributed by atoms with Gasteiger partial charge in [0.05, 0.1) is 4.90 Å². The number of benzene rings is 1. The topological polar surface area (TPSA) is 46.2 Å². The van der Waals surface area contributed by atoms with E-state index in [1.54, 1.807) is 18.2 Å². The molecule has 1 aliphatic carbocycles. The zero-order valence-electron chi connectivity index (χ0n) is 11.4. The largest absolute Gasteiger partial charge is 0.240 e. The van der Waals surface area contributed by atoms with E-state index in [2.05, 4.69) is 34.7 Å². The minimum Gasteiger partial charge on any atom is -0.208 e. The van der Waals surface area contributed by atoms with Crippen molar-refractivity contribution in [3.05, 3.63) is 29.8 Å². The van der Waals surface area contributed by atoms with Crippen molar-refractivity contribution in [2.75, 3.05) is 18.8 Å². The molecule has 19 heavy (non-hydrogen) atoms. The molecule has 1 N–H and O–H groups in total. The second-order valence-electron chi connectivity index (χ2n) is 5.49. The highest BCUT2D eigenvalue weighted by Gasteiger charge is 2.27. The first-order valence-electron chi connectivity index (χ1n) is 6.10. The van der Waals surface area contributed by atoms with Crippen LogP contribution in [0.4, 0.5) is 0 Å². The van der Waals surface area contributed by atoms with Crippen LogP contribution in [0.5, 0.6) is 0 Å². The molecular formula is C14H19NO2S2. The van der Waals surface area contributed by atoms with Crippen molar-refractivity contribution in [2.24, 2.45) is 0 Å². The lowest BCUT2D eigenvalue weighted by molar-refractivity contribution is 0.581. The van der Waals surface area contributed by atoms with E-state index >= 15 is 0 Å². The van der Waals surface area contributed by atoms with Gasteiger partial charge in [0.1, 0.15) is 0 Å². The summed E-state index contributed by atoms with van der Waals surface area (Å²) in [7, 11) is -4.29. The molecule has 0 radical (unpaired) electrons. The van der Waals surface area contributed by atoms with Gasteiger partial charge in [-0.1, -0.05) is 12.0 Å². The zero-order chi connectivity index (χ0) is 14.1. The lowest BCUT2D eigenvalue weighted by Crippen LogP contribution is -2.25. The summed E-state index contributed by atoms with van der Waals surface area (Å²) in [5, 5.41) is 3.19. The maximum Gasteiger partial charge on any atom is 0.240 e. The summed E-state index contributed by atoms with van der Waals surface area (Å²) in [6.45, 7) is 0. The quantitative estimate of drug-likeness (QED) is 0.869. The van der Waals surface area contributed by atoms with Crippen LogP contribution >= 0.6 is 10.0 Å². The van der Waals surface area contributed by atoms with Gasteiger partial charge in [0.25, 0.3) is 0 Å². The molecule has 0 atom stereocenters. The normalized spacial score (nSPS) is 16.6. The highest BCUT2D eigenvalue weighted by molar-refractivity contribution is 8.35. The minimum atomic E-state index is -3.38. The molecule has 0 spiro atoms. The number of sulfonamides is 1. The number of hydrogen-bond acceptors (Lipinski definition) is 2. The molecule has 0 heterocycles. The van der Waals surface area contributed by atoms with Crippen LogP contribution in [0.25, 0.3) is 0 Å². The maximum absolute atomic E-state index is 12.1. The van der Waals surface area contributed by atoms with Crippen LogP contribution in [0.15, 0.2) is 29.2 Å².